The van der Waals surface area contributed by atoms with Gasteiger partial charge in [-0.2, -0.15) is 4.98 Å². The summed E-state index contributed by atoms with van der Waals surface area (Å²) in [5, 5.41) is 1.33. The number of thiazole rings is 1. The molecule has 0 aliphatic carbocycles. The summed E-state index contributed by atoms with van der Waals surface area (Å²) in [7, 11) is 1.66. The first kappa shape index (κ1) is 18.8. The van der Waals surface area contributed by atoms with Crippen LogP contribution in [0.3, 0.4) is 0 Å². The molecule has 1 atom stereocenters. The highest BCUT2D eigenvalue weighted by Crippen LogP contribution is 2.44. The molecule has 0 radical (unpaired) electrons. The Hall–Kier alpha value is -0.280. The third-order valence-electron chi connectivity index (χ3n) is 4.20. The monoisotopic (exact) mass is 331 g/mol. The second-order valence-electron chi connectivity index (χ2n) is 6.13. The summed E-state index contributed by atoms with van der Waals surface area (Å²) in [4.78, 5) is 5.55. The molecule has 1 heterocycles. The van der Waals surface area contributed by atoms with Crippen molar-refractivity contribution in [3.8, 4) is 5.19 Å². The maximum atomic E-state index is 6.38. The third-order valence-corrected chi connectivity index (χ3v) is 5.91. The molecule has 1 aromatic heterocycles. The molecule has 0 aliphatic heterocycles. The smallest absolute Gasteiger partial charge is 0.274 e. The zero-order valence-corrected chi connectivity index (χ0v) is 15.6. The van der Waals surface area contributed by atoms with E-state index in [2.05, 4.69) is 25.8 Å². The van der Waals surface area contributed by atoms with Crippen molar-refractivity contribution in [2.45, 2.75) is 84.0 Å². The van der Waals surface area contributed by atoms with Gasteiger partial charge in [0.1, 0.15) is 5.15 Å². The van der Waals surface area contributed by atoms with Crippen molar-refractivity contribution >= 4 is 22.9 Å². The van der Waals surface area contributed by atoms with Crippen LogP contribution in [0.5, 0.6) is 5.19 Å². The Balaban J connectivity index is 2.80. The predicted octanol–water partition coefficient (Wildman–Crippen LogP) is 6.61. The molecule has 0 bridgehead atoms. The van der Waals surface area contributed by atoms with Gasteiger partial charge in [0, 0.05) is 5.41 Å². The molecular formula is C17H30ClNOS. The first-order valence-corrected chi connectivity index (χ1v) is 9.47. The van der Waals surface area contributed by atoms with Gasteiger partial charge in [-0.25, -0.2) is 0 Å². The van der Waals surface area contributed by atoms with E-state index in [0.717, 1.165) is 0 Å². The SMILES string of the molecule is CCCCCCC(C)(CCCCC)c1sc(OC)nc1Cl. The van der Waals surface area contributed by atoms with Gasteiger partial charge in [-0.1, -0.05) is 88.7 Å². The number of methoxy groups -OCH3 is 1. The fourth-order valence-electron chi connectivity index (χ4n) is 2.80. The van der Waals surface area contributed by atoms with E-state index in [4.69, 9.17) is 16.3 Å². The maximum absolute atomic E-state index is 6.38. The Morgan fingerprint density at radius 3 is 2.14 bits per heavy atom. The summed E-state index contributed by atoms with van der Waals surface area (Å²) < 4.78 is 5.26. The molecule has 0 fully saturated rings. The molecule has 0 aliphatic rings. The van der Waals surface area contributed by atoms with E-state index >= 15 is 0 Å². The number of halogens is 1. The molecule has 1 aromatic rings. The molecule has 122 valence electrons. The molecule has 1 unspecified atom stereocenters. The maximum Gasteiger partial charge on any atom is 0.274 e. The first-order valence-electron chi connectivity index (χ1n) is 8.28. The molecule has 4 heteroatoms. The molecule has 0 amide bonds. The van der Waals surface area contributed by atoms with Crippen LogP contribution in [0, 0.1) is 0 Å². The van der Waals surface area contributed by atoms with Gasteiger partial charge in [0.2, 0.25) is 0 Å². The van der Waals surface area contributed by atoms with Crippen LogP contribution in [0.2, 0.25) is 5.15 Å². The number of aromatic nitrogens is 1. The Morgan fingerprint density at radius 2 is 1.62 bits per heavy atom. The van der Waals surface area contributed by atoms with Gasteiger partial charge in [-0.05, 0) is 12.8 Å². The molecule has 21 heavy (non-hydrogen) atoms. The van der Waals surface area contributed by atoms with E-state index < -0.39 is 0 Å². The lowest BCUT2D eigenvalue weighted by molar-refractivity contribution is 0.371. The van der Waals surface area contributed by atoms with Gasteiger partial charge >= 0.3 is 0 Å². The average Bonchev–Trinajstić information content (AvgIpc) is 2.86. The molecule has 1 rings (SSSR count). The van der Waals surface area contributed by atoms with E-state index in [9.17, 15) is 0 Å². The highest BCUT2D eigenvalue weighted by atomic mass is 35.5. The number of nitrogens with zero attached hydrogens (tertiary/aromatic N) is 1. The largest absolute Gasteiger partial charge is 0.473 e. The number of hydrogen-bond acceptors (Lipinski definition) is 3. The lowest BCUT2D eigenvalue weighted by Crippen LogP contribution is -2.21. The fraction of sp³-hybridized carbons (Fsp3) is 0.824. The third kappa shape index (κ3) is 5.78. The van der Waals surface area contributed by atoms with Crippen LogP contribution in [0.15, 0.2) is 0 Å². The zero-order chi connectivity index (χ0) is 15.7. The minimum Gasteiger partial charge on any atom is -0.473 e. The summed E-state index contributed by atoms with van der Waals surface area (Å²) >= 11 is 8.00. The second-order valence-corrected chi connectivity index (χ2v) is 7.45. The van der Waals surface area contributed by atoms with Crippen molar-refractivity contribution in [1.82, 2.24) is 4.98 Å². The molecule has 0 spiro atoms. The topological polar surface area (TPSA) is 22.1 Å². The molecule has 0 saturated heterocycles. The van der Waals surface area contributed by atoms with Crippen molar-refractivity contribution in [1.29, 1.82) is 0 Å². The number of unbranched alkanes of at least 4 members (excludes halogenated alkanes) is 5. The molecule has 0 aromatic carbocycles. The molecular weight excluding hydrogens is 302 g/mol. The number of rotatable bonds is 11. The fourth-order valence-corrected chi connectivity index (χ4v) is 4.25. The van der Waals surface area contributed by atoms with Gasteiger partial charge in [0.05, 0.1) is 12.0 Å². The van der Waals surface area contributed by atoms with Crippen molar-refractivity contribution in [3.63, 3.8) is 0 Å². The summed E-state index contributed by atoms with van der Waals surface area (Å²) in [6.07, 6.45) is 11.4. The van der Waals surface area contributed by atoms with E-state index in [1.807, 2.05) is 0 Å². The Kier molecular flexibility index (Phi) is 8.65. The van der Waals surface area contributed by atoms with Crippen LogP contribution in [-0.2, 0) is 5.41 Å². The van der Waals surface area contributed by atoms with E-state index in [1.165, 1.54) is 62.7 Å². The van der Waals surface area contributed by atoms with Crippen LogP contribution in [0.4, 0.5) is 0 Å². The lowest BCUT2D eigenvalue weighted by atomic mass is 9.79. The second kappa shape index (κ2) is 9.68. The van der Waals surface area contributed by atoms with Crippen molar-refractivity contribution in [2.24, 2.45) is 0 Å². The highest BCUT2D eigenvalue weighted by molar-refractivity contribution is 7.14. The van der Waals surface area contributed by atoms with E-state index in [1.54, 1.807) is 18.4 Å². The Labute approximate surface area is 139 Å². The zero-order valence-electron chi connectivity index (χ0n) is 14.0. The number of hydrogen-bond donors (Lipinski definition) is 0. The van der Waals surface area contributed by atoms with Crippen LogP contribution < -0.4 is 4.74 Å². The molecule has 0 saturated carbocycles. The van der Waals surface area contributed by atoms with Gasteiger partial charge < -0.3 is 4.74 Å². The van der Waals surface area contributed by atoms with Crippen molar-refractivity contribution < 1.29 is 4.74 Å². The van der Waals surface area contributed by atoms with Crippen LogP contribution in [0.1, 0.15) is 83.4 Å². The number of ether oxygens (including phenoxy) is 1. The highest BCUT2D eigenvalue weighted by Gasteiger charge is 2.31. The van der Waals surface area contributed by atoms with Crippen molar-refractivity contribution in [3.05, 3.63) is 10.0 Å². The van der Waals surface area contributed by atoms with Crippen LogP contribution in [0.25, 0.3) is 0 Å². The van der Waals surface area contributed by atoms with Gasteiger partial charge in [-0.3, -0.25) is 0 Å². The normalized spacial score (nSPS) is 14.1. The summed E-state index contributed by atoms with van der Waals surface area (Å²) in [5.74, 6) is 0. The van der Waals surface area contributed by atoms with Crippen LogP contribution >= 0.6 is 22.9 Å². The Morgan fingerprint density at radius 1 is 1.05 bits per heavy atom. The van der Waals surface area contributed by atoms with E-state index in [0.29, 0.717) is 10.3 Å². The molecule has 0 N–H and O–H groups in total. The lowest BCUT2D eigenvalue weighted by Gasteiger charge is -2.29. The standard InChI is InChI=1S/C17H30ClNOS/c1-5-7-9-11-13-17(3,12-10-8-6-2)14-15(18)19-16(20-4)21-14/h5-13H2,1-4H3. The van der Waals surface area contributed by atoms with Gasteiger partial charge in [0.15, 0.2) is 0 Å². The van der Waals surface area contributed by atoms with E-state index in [-0.39, 0.29) is 5.41 Å². The summed E-state index contributed by atoms with van der Waals surface area (Å²) in [6.45, 7) is 6.86. The average molecular weight is 332 g/mol. The minimum atomic E-state index is 0.147. The van der Waals surface area contributed by atoms with Crippen LogP contribution in [-0.4, -0.2) is 12.1 Å². The Bertz CT molecular complexity index is 407. The predicted molar refractivity (Wildman–Crippen MR) is 93.9 cm³/mol. The minimum absolute atomic E-state index is 0.147. The summed E-state index contributed by atoms with van der Waals surface area (Å²) in [5.41, 5.74) is 0.147. The van der Waals surface area contributed by atoms with Crippen molar-refractivity contribution in [2.75, 3.05) is 7.11 Å². The quantitative estimate of drug-likeness (QED) is 0.425. The summed E-state index contributed by atoms with van der Waals surface area (Å²) in [6, 6.07) is 0. The first-order chi connectivity index (χ1) is 10.1. The van der Waals surface area contributed by atoms with Gasteiger partial charge in [0.25, 0.3) is 5.19 Å². The van der Waals surface area contributed by atoms with Gasteiger partial charge in [-0.15, -0.1) is 0 Å². The molecule has 2 nitrogen and oxygen atoms in total.